The molecule has 7 heteroatoms. The Balaban J connectivity index is 0.00000420. The minimum absolute atomic E-state index is 0. The number of piperazine rings is 1. The molecule has 29 heavy (non-hydrogen) atoms. The molecule has 0 aromatic heterocycles. The number of methoxy groups -OCH3 is 1. The standard InChI is InChI=1S/C22H39N5O.HI/c1-4-23-22(25-14-12-20-8-10-21(28-3)11-9-20)24-13-6-7-15-27-18-16-26(5-2)17-19-27;/h8-11H,4-7,12-19H2,1-3H3,(H2,23,24,25);1H. The molecule has 1 aromatic carbocycles. The maximum Gasteiger partial charge on any atom is 0.191 e. The monoisotopic (exact) mass is 517 g/mol. The quantitative estimate of drug-likeness (QED) is 0.205. The molecule has 166 valence electrons. The molecule has 2 rings (SSSR count). The van der Waals surface area contributed by atoms with Gasteiger partial charge in [0.15, 0.2) is 5.96 Å². The van der Waals surface area contributed by atoms with Crippen molar-refractivity contribution in [3.63, 3.8) is 0 Å². The van der Waals surface area contributed by atoms with Crippen LogP contribution in [0.4, 0.5) is 0 Å². The fraction of sp³-hybridized carbons (Fsp3) is 0.682. The number of hydrogen-bond donors (Lipinski definition) is 2. The molecule has 1 aliphatic rings. The van der Waals surface area contributed by atoms with E-state index in [9.17, 15) is 0 Å². The van der Waals surface area contributed by atoms with Crippen molar-refractivity contribution in [1.29, 1.82) is 0 Å². The van der Waals surface area contributed by atoms with Crippen LogP contribution in [-0.4, -0.2) is 81.8 Å². The summed E-state index contributed by atoms with van der Waals surface area (Å²) in [6, 6.07) is 8.25. The van der Waals surface area contributed by atoms with Gasteiger partial charge < -0.3 is 25.2 Å². The van der Waals surface area contributed by atoms with Crippen LogP contribution >= 0.6 is 24.0 Å². The summed E-state index contributed by atoms with van der Waals surface area (Å²) in [6.07, 6.45) is 3.34. The third-order valence-electron chi connectivity index (χ3n) is 5.27. The first kappa shape index (κ1) is 26.0. The number of ether oxygens (including phenoxy) is 1. The van der Waals surface area contributed by atoms with Crippen molar-refractivity contribution >= 4 is 29.9 Å². The summed E-state index contributed by atoms with van der Waals surface area (Å²) in [5.74, 6) is 1.83. The van der Waals surface area contributed by atoms with Crippen molar-refractivity contribution in [2.45, 2.75) is 33.1 Å². The fourth-order valence-electron chi connectivity index (χ4n) is 3.43. The normalized spacial score (nSPS) is 15.6. The number of nitrogens with one attached hydrogen (secondary N) is 2. The molecular weight excluding hydrogens is 477 g/mol. The number of rotatable bonds is 11. The van der Waals surface area contributed by atoms with Crippen LogP contribution in [0.3, 0.4) is 0 Å². The molecule has 1 saturated heterocycles. The fourth-order valence-corrected chi connectivity index (χ4v) is 3.43. The molecule has 0 saturated carbocycles. The van der Waals surface area contributed by atoms with E-state index in [0.717, 1.165) is 44.2 Å². The van der Waals surface area contributed by atoms with Gasteiger partial charge >= 0.3 is 0 Å². The molecule has 0 aliphatic carbocycles. The second kappa shape index (κ2) is 15.7. The van der Waals surface area contributed by atoms with E-state index in [1.165, 1.54) is 51.3 Å². The van der Waals surface area contributed by atoms with Gasteiger partial charge in [0.25, 0.3) is 0 Å². The van der Waals surface area contributed by atoms with Crippen LogP contribution in [-0.2, 0) is 6.42 Å². The van der Waals surface area contributed by atoms with Crippen molar-refractivity contribution in [3.05, 3.63) is 29.8 Å². The molecule has 0 atom stereocenters. The van der Waals surface area contributed by atoms with Gasteiger partial charge in [-0.1, -0.05) is 19.1 Å². The Labute approximate surface area is 194 Å². The van der Waals surface area contributed by atoms with E-state index in [1.54, 1.807) is 7.11 Å². The third kappa shape index (κ3) is 10.5. The van der Waals surface area contributed by atoms with Crippen molar-refractivity contribution < 1.29 is 4.74 Å². The molecule has 0 amide bonds. The number of nitrogens with zero attached hydrogens (tertiary/aromatic N) is 3. The molecule has 0 bridgehead atoms. The molecule has 1 aliphatic heterocycles. The van der Waals surface area contributed by atoms with Gasteiger partial charge in [-0.2, -0.15) is 0 Å². The number of unbranched alkanes of at least 4 members (excludes halogenated alkanes) is 1. The summed E-state index contributed by atoms with van der Waals surface area (Å²) in [6.45, 7) is 14.3. The van der Waals surface area contributed by atoms with Crippen molar-refractivity contribution in [3.8, 4) is 5.75 Å². The van der Waals surface area contributed by atoms with Gasteiger partial charge in [0.05, 0.1) is 7.11 Å². The lowest BCUT2D eigenvalue weighted by molar-refractivity contribution is 0.136. The lowest BCUT2D eigenvalue weighted by Crippen LogP contribution is -2.46. The second-order valence-electron chi connectivity index (χ2n) is 7.27. The van der Waals surface area contributed by atoms with Gasteiger partial charge in [-0.05, 0) is 57.0 Å². The zero-order chi connectivity index (χ0) is 20.0. The smallest absolute Gasteiger partial charge is 0.191 e. The van der Waals surface area contributed by atoms with Gasteiger partial charge in [0.2, 0.25) is 0 Å². The van der Waals surface area contributed by atoms with Gasteiger partial charge in [-0.25, -0.2) is 0 Å². The molecule has 0 unspecified atom stereocenters. The zero-order valence-electron chi connectivity index (χ0n) is 18.5. The number of guanidine groups is 1. The van der Waals surface area contributed by atoms with Gasteiger partial charge in [-0.3, -0.25) is 4.99 Å². The number of hydrogen-bond acceptors (Lipinski definition) is 4. The first-order chi connectivity index (χ1) is 13.7. The maximum absolute atomic E-state index is 5.21. The van der Waals surface area contributed by atoms with Crippen LogP contribution in [0.1, 0.15) is 32.3 Å². The van der Waals surface area contributed by atoms with Crippen molar-refractivity contribution in [1.82, 2.24) is 20.4 Å². The molecule has 1 fully saturated rings. The van der Waals surface area contributed by atoms with Gasteiger partial charge in [0.1, 0.15) is 5.75 Å². The van der Waals surface area contributed by atoms with Crippen molar-refractivity contribution in [2.75, 3.05) is 66.0 Å². The van der Waals surface area contributed by atoms with Crippen LogP contribution < -0.4 is 15.4 Å². The Kier molecular flexibility index (Phi) is 14.1. The predicted molar refractivity (Wildman–Crippen MR) is 134 cm³/mol. The number of halogens is 1. The minimum atomic E-state index is 0. The summed E-state index contributed by atoms with van der Waals surface area (Å²) in [4.78, 5) is 9.85. The lowest BCUT2D eigenvalue weighted by Gasteiger charge is -2.33. The predicted octanol–water partition coefficient (Wildman–Crippen LogP) is 2.83. The van der Waals surface area contributed by atoms with Crippen LogP contribution in [0.2, 0.25) is 0 Å². The Morgan fingerprint density at radius 3 is 2.31 bits per heavy atom. The molecular formula is C22H40IN5O. The minimum Gasteiger partial charge on any atom is -0.497 e. The highest BCUT2D eigenvalue weighted by molar-refractivity contribution is 14.0. The van der Waals surface area contributed by atoms with E-state index in [0.29, 0.717) is 0 Å². The van der Waals surface area contributed by atoms with Crippen LogP contribution in [0.5, 0.6) is 5.75 Å². The number of benzene rings is 1. The summed E-state index contributed by atoms with van der Waals surface area (Å²) in [5, 5.41) is 6.78. The van der Waals surface area contributed by atoms with E-state index in [-0.39, 0.29) is 24.0 Å². The molecule has 1 aromatic rings. The lowest BCUT2D eigenvalue weighted by atomic mass is 10.1. The van der Waals surface area contributed by atoms with Crippen LogP contribution in [0.15, 0.2) is 29.3 Å². The Morgan fingerprint density at radius 2 is 1.69 bits per heavy atom. The molecule has 0 radical (unpaired) electrons. The highest BCUT2D eigenvalue weighted by Crippen LogP contribution is 2.11. The van der Waals surface area contributed by atoms with Crippen LogP contribution in [0.25, 0.3) is 0 Å². The average molecular weight is 518 g/mol. The Bertz CT molecular complexity index is 559. The summed E-state index contributed by atoms with van der Waals surface area (Å²) < 4.78 is 5.21. The SMILES string of the molecule is CCNC(=NCCCCN1CCN(CC)CC1)NCCc1ccc(OC)cc1.I. The van der Waals surface area contributed by atoms with Gasteiger partial charge in [-0.15, -0.1) is 24.0 Å². The molecule has 0 spiro atoms. The summed E-state index contributed by atoms with van der Waals surface area (Å²) >= 11 is 0. The van der Waals surface area contributed by atoms with E-state index in [1.807, 2.05) is 12.1 Å². The largest absolute Gasteiger partial charge is 0.497 e. The highest BCUT2D eigenvalue weighted by Gasteiger charge is 2.14. The first-order valence-electron chi connectivity index (χ1n) is 10.8. The maximum atomic E-state index is 5.21. The zero-order valence-corrected chi connectivity index (χ0v) is 20.8. The highest BCUT2D eigenvalue weighted by atomic mass is 127. The Morgan fingerprint density at radius 1 is 1.00 bits per heavy atom. The average Bonchev–Trinajstić information content (AvgIpc) is 2.74. The molecule has 6 nitrogen and oxygen atoms in total. The van der Waals surface area contributed by atoms with E-state index < -0.39 is 0 Å². The first-order valence-corrected chi connectivity index (χ1v) is 10.8. The number of likely N-dealkylation sites (N-methyl/N-ethyl adjacent to an activating group) is 1. The van der Waals surface area contributed by atoms with Gasteiger partial charge in [0, 0.05) is 45.8 Å². The van der Waals surface area contributed by atoms with E-state index in [4.69, 9.17) is 9.73 Å². The topological polar surface area (TPSA) is 52.1 Å². The van der Waals surface area contributed by atoms with E-state index in [2.05, 4.69) is 46.4 Å². The second-order valence-corrected chi connectivity index (χ2v) is 7.27. The summed E-state index contributed by atoms with van der Waals surface area (Å²) in [5.41, 5.74) is 1.30. The Hall–Kier alpha value is -1.06. The molecule has 1 heterocycles. The molecule has 2 N–H and O–H groups in total. The van der Waals surface area contributed by atoms with E-state index >= 15 is 0 Å². The van der Waals surface area contributed by atoms with Crippen LogP contribution in [0, 0.1) is 0 Å². The third-order valence-corrected chi connectivity index (χ3v) is 5.27. The van der Waals surface area contributed by atoms with Crippen molar-refractivity contribution in [2.24, 2.45) is 4.99 Å². The number of aliphatic imine (C=N–C) groups is 1. The summed E-state index contributed by atoms with van der Waals surface area (Å²) in [7, 11) is 1.70.